The molecule has 0 aliphatic carbocycles. The second-order valence-corrected chi connectivity index (χ2v) is 8.41. The first-order valence-corrected chi connectivity index (χ1v) is 11.3. The highest BCUT2D eigenvalue weighted by Crippen LogP contribution is 2.33. The topological polar surface area (TPSA) is 59.9 Å². The lowest BCUT2D eigenvalue weighted by atomic mass is 10.2. The van der Waals surface area contributed by atoms with Gasteiger partial charge < -0.3 is 14.8 Å². The molecule has 1 aliphatic rings. The summed E-state index contributed by atoms with van der Waals surface area (Å²) in [6.07, 6.45) is 1.79. The molecule has 0 bridgehead atoms. The Hall–Kier alpha value is -3.58. The predicted molar refractivity (Wildman–Crippen MR) is 130 cm³/mol. The zero-order chi connectivity index (χ0) is 23.2. The Morgan fingerprint density at radius 1 is 1.03 bits per heavy atom. The molecule has 0 aromatic heterocycles. The van der Waals surface area contributed by atoms with Crippen LogP contribution in [-0.2, 0) is 11.4 Å². The second-order valence-electron chi connectivity index (χ2n) is 7.38. The van der Waals surface area contributed by atoms with Gasteiger partial charge in [-0.3, -0.25) is 4.79 Å². The molecular weight excluding hydrogens is 439 g/mol. The molecular formula is C26H23FN2O3S. The summed E-state index contributed by atoms with van der Waals surface area (Å²) in [7, 11) is 0. The molecule has 7 heteroatoms. The van der Waals surface area contributed by atoms with Crippen LogP contribution in [0.1, 0.15) is 23.6 Å². The molecule has 3 aromatic rings. The minimum Gasteiger partial charge on any atom is -0.490 e. The molecule has 0 atom stereocenters. The van der Waals surface area contributed by atoms with Crippen LogP contribution in [0.15, 0.2) is 76.6 Å². The number of carbonyl (C=O) groups is 1. The highest BCUT2D eigenvalue weighted by molar-refractivity contribution is 8.18. The summed E-state index contributed by atoms with van der Waals surface area (Å²) in [4.78, 5) is 17.5. The summed E-state index contributed by atoms with van der Waals surface area (Å²) in [5.74, 6) is 0.601. The van der Waals surface area contributed by atoms with Gasteiger partial charge in [0, 0.05) is 0 Å². The van der Waals surface area contributed by atoms with Crippen molar-refractivity contribution in [3.63, 3.8) is 0 Å². The number of carbonyl (C=O) groups excluding carboxylic acids is 1. The Balaban J connectivity index is 1.50. The maximum atomic E-state index is 13.4. The van der Waals surface area contributed by atoms with Gasteiger partial charge in [0.2, 0.25) is 0 Å². The van der Waals surface area contributed by atoms with Crippen LogP contribution < -0.4 is 14.8 Å². The van der Waals surface area contributed by atoms with E-state index in [2.05, 4.69) is 10.3 Å². The first-order chi connectivity index (χ1) is 16.0. The SMILES string of the molecule is CCOc1cc(/C=C2\SC(=Nc3ccc(C)cc3)NC2=O)ccc1OCc1cccc(F)c1. The van der Waals surface area contributed by atoms with Crippen LogP contribution in [0.2, 0.25) is 0 Å². The van der Waals surface area contributed by atoms with Crippen LogP contribution in [0.25, 0.3) is 6.08 Å². The number of amidine groups is 1. The third kappa shape index (κ3) is 6.02. The van der Waals surface area contributed by atoms with Crippen LogP contribution in [-0.4, -0.2) is 17.7 Å². The van der Waals surface area contributed by atoms with Crippen LogP contribution in [0.3, 0.4) is 0 Å². The molecule has 4 rings (SSSR count). The van der Waals surface area contributed by atoms with E-state index in [0.29, 0.717) is 28.2 Å². The molecule has 0 unspecified atom stereocenters. The normalized spacial score (nSPS) is 15.7. The lowest BCUT2D eigenvalue weighted by Crippen LogP contribution is -2.19. The number of halogens is 1. The fourth-order valence-electron chi connectivity index (χ4n) is 3.16. The van der Waals surface area contributed by atoms with Crippen molar-refractivity contribution >= 4 is 34.6 Å². The third-order valence-corrected chi connectivity index (χ3v) is 5.67. The molecule has 168 valence electrons. The average Bonchev–Trinajstić information content (AvgIpc) is 3.13. The van der Waals surface area contributed by atoms with Gasteiger partial charge >= 0.3 is 0 Å². The van der Waals surface area contributed by atoms with E-state index in [-0.39, 0.29) is 18.3 Å². The van der Waals surface area contributed by atoms with Gasteiger partial charge in [-0.1, -0.05) is 35.9 Å². The molecule has 3 aromatic carbocycles. The minimum absolute atomic E-state index is 0.199. The standard InChI is InChI=1S/C26H23FN2O3S/c1-3-31-23-14-18(9-12-22(23)32-16-19-5-4-6-20(27)13-19)15-24-25(30)29-26(33-24)28-21-10-7-17(2)8-11-21/h4-15H,3,16H2,1-2H3,(H,28,29,30)/b24-15-. The summed E-state index contributed by atoms with van der Waals surface area (Å²) in [6, 6.07) is 19.5. The van der Waals surface area contributed by atoms with E-state index in [4.69, 9.17) is 9.47 Å². The van der Waals surface area contributed by atoms with E-state index in [9.17, 15) is 9.18 Å². The Morgan fingerprint density at radius 3 is 2.61 bits per heavy atom. The lowest BCUT2D eigenvalue weighted by Gasteiger charge is -2.13. The number of aliphatic imine (C=N–C) groups is 1. The highest BCUT2D eigenvalue weighted by atomic mass is 32.2. The average molecular weight is 463 g/mol. The molecule has 1 saturated heterocycles. The van der Waals surface area contributed by atoms with Crippen molar-refractivity contribution in [2.75, 3.05) is 6.61 Å². The van der Waals surface area contributed by atoms with Crippen molar-refractivity contribution < 1.29 is 18.7 Å². The third-order valence-electron chi connectivity index (χ3n) is 4.76. The highest BCUT2D eigenvalue weighted by Gasteiger charge is 2.24. The van der Waals surface area contributed by atoms with Gasteiger partial charge in [0.25, 0.3) is 5.91 Å². The first kappa shape index (κ1) is 22.6. The van der Waals surface area contributed by atoms with Gasteiger partial charge in [0.1, 0.15) is 12.4 Å². The summed E-state index contributed by atoms with van der Waals surface area (Å²) in [5, 5.41) is 3.34. The van der Waals surface area contributed by atoms with Gasteiger partial charge in [0.05, 0.1) is 17.2 Å². The van der Waals surface area contributed by atoms with Crippen molar-refractivity contribution in [1.29, 1.82) is 0 Å². The summed E-state index contributed by atoms with van der Waals surface area (Å²) < 4.78 is 25.0. The maximum absolute atomic E-state index is 13.4. The number of benzene rings is 3. The molecule has 5 nitrogen and oxygen atoms in total. The number of rotatable bonds is 7. The summed E-state index contributed by atoms with van der Waals surface area (Å²) in [5.41, 5.74) is 3.45. The maximum Gasteiger partial charge on any atom is 0.264 e. The van der Waals surface area contributed by atoms with Crippen LogP contribution in [0, 0.1) is 12.7 Å². The second kappa shape index (κ2) is 10.4. The van der Waals surface area contributed by atoms with Crippen LogP contribution >= 0.6 is 11.8 Å². The Kier molecular flexibility index (Phi) is 7.10. The van der Waals surface area contributed by atoms with Crippen molar-refractivity contribution in [2.24, 2.45) is 4.99 Å². The molecule has 0 saturated carbocycles. The molecule has 0 radical (unpaired) electrons. The number of thioether (sulfide) groups is 1. The summed E-state index contributed by atoms with van der Waals surface area (Å²) >= 11 is 1.29. The van der Waals surface area contributed by atoms with Crippen molar-refractivity contribution in [1.82, 2.24) is 5.32 Å². The lowest BCUT2D eigenvalue weighted by molar-refractivity contribution is -0.115. The van der Waals surface area contributed by atoms with Gasteiger partial charge in [-0.25, -0.2) is 9.38 Å². The van der Waals surface area contributed by atoms with E-state index in [1.165, 1.54) is 23.9 Å². The predicted octanol–water partition coefficient (Wildman–Crippen LogP) is 6.00. The Labute approximate surface area is 196 Å². The van der Waals surface area contributed by atoms with Crippen molar-refractivity contribution in [3.8, 4) is 11.5 Å². The number of aryl methyl sites for hydroxylation is 1. The molecule has 1 N–H and O–H groups in total. The fraction of sp³-hybridized carbons (Fsp3) is 0.154. The molecule has 0 spiro atoms. The zero-order valence-electron chi connectivity index (χ0n) is 18.3. The smallest absolute Gasteiger partial charge is 0.264 e. The van der Waals surface area contributed by atoms with E-state index < -0.39 is 0 Å². The summed E-state index contributed by atoms with van der Waals surface area (Å²) in [6.45, 7) is 4.57. The molecule has 1 aliphatic heterocycles. The monoisotopic (exact) mass is 462 g/mol. The van der Waals surface area contributed by atoms with Crippen molar-refractivity contribution in [3.05, 3.63) is 94.1 Å². The number of hydrogen-bond donors (Lipinski definition) is 1. The van der Waals surface area contributed by atoms with E-state index in [1.54, 1.807) is 24.3 Å². The molecule has 1 amide bonds. The zero-order valence-corrected chi connectivity index (χ0v) is 19.1. The number of amides is 1. The number of nitrogens with zero attached hydrogens (tertiary/aromatic N) is 1. The van der Waals surface area contributed by atoms with E-state index >= 15 is 0 Å². The van der Waals surface area contributed by atoms with Crippen molar-refractivity contribution in [2.45, 2.75) is 20.5 Å². The van der Waals surface area contributed by atoms with E-state index in [1.807, 2.05) is 50.2 Å². The van der Waals surface area contributed by atoms with Crippen LogP contribution in [0.4, 0.5) is 10.1 Å². The first-order valence-electron chi connectivity index (χ1n) is 10.5. The number of hydrogen-bond acceptors (Lipinski definition) is 5. The Morgan fingerprint density at radius 2 is 1.85 bits per heavy atom. The quantitative estimate of drug-likeness (QED) is 0.437. The van der Waals surface area contributed by atoms with E-state index in [0.717, 1.165) is 22.4 Å². The van der Waals surface area contributed by atoms with Gasteiger partial charge in [-0.2, -0.15) is 0 Å². The molecule has 33 heavy (non-hydrogen) atoms. The minimum atomic E-state index is -0.305. The van der Waals surface area contributed by atoms with Gasteiger partial charge in [-0.05, 0) is 79.2 Å². The number of nitrogens with one attached hydrogen (secondary N) is 1. The number of ether oxygens (including phenoxy) is 2. The van der Waals surface area contributed by atoms with Gasteiger partial charge in [0.15, 0.2) is 16.7 Å². The molecule has 1 heterocycles. The van der Waals surface area contributed by atoms with Crippen LogP contribution in [0.5, 0.6) is 11.5 Å². The Bertz CT molecular complexity index is 1220. The fourth-order valence-corrected chi connectivity index (χ4v) is 4.00. The largest absolute Gasteiger partial charge is 0.490 e. The van der Waals surface area contributed by atoms with Gasteiger partial charge in [-0.15, -0.1) is 0 Å². The molecule has 1 fully saturated rings.